The van der Waals surface area contributed by atoms with Gasteiger partial charge in [0.05, 0.1) is 35.0 Å². The van der Waals surface area contributed by atoms with Gasteiger partial charge in [-0.25, -0.2) is 9.97 Å². The summed E-state index contributed by atoms with van der Waals surface area (Å²) in [4.78, 5) is 39.5. The van der Waals surface area contributed by atoms with E-state index < -0.39 is 24.1 Å². The van der Waals surface area contributed by atoms with E-state index in [0.717, 1.165) is 50.0 Å². The summed E-state index contributed by atoms with van der Waals surface area (Å²) in [7, 11) is 0. The number of aliphatic hydroxyl groups excluding tert-OH is 2. The van der Waals surface area contributed by atoms with Crippen LogP contribution in [0.4, 0.5) is 0 Å². The van der Waals surface area contributed by atoms with E-state index in [1.807, 2.05) is 45.9 Å². The maximum Gasteiger partial charge on any atom is 1.00 e. The Labute approximate surface area is 311 Å². The van der Waals surface area contributed by atoms with Gasteiger partial charge in [-0.15, -0.1) is 0 Å². The van der Waals surface area contributed by atoms with Crippen molar-refractivity contribution in [2.24, 2.45) is 0 Å². The predicted octanol–water partition coefficient (Wildman–Crippen LogP) is -2.03. The molecule has 12 heteroatoms. The van der Waals surface area contributed by atoms with Crippen LogP contribution < -0.4 is 69.3 Å². The number of hydrogen-bond acceptors (Lipinski definition) is 8. The van der Waals surface area contributed by atoms with Crippen molar-refractivity contribution in [2.75, 3.05) is 0 Å². The number of carbonyl (C=O) groups is 2. The van der Waals surface area contributed by atoms with Gasteiger partial charge in [-0.2, -0.15) is 0 Å². The van der Waals surface area contributed by atoms with Gasteiger partial charge in [0.2, 0.25) is 0 Å². The number of carboxylic acids is 2. The second kappa shape index (κ2) is 15.1. The SMILES string of the molecule is CC1=C(CCC(=O)[O-])c2cc3nc(cc4[nH]c(cc5[nH]c(cc1n2)c(C)c5C(C)O)c(C)c4C(C)O)C(C)=C3CCC(=O)[O-].[Na+].[Na+]. The zero-order valence-corrected chi connectivity index (χ0v) is 31.7. The molecule has 2 atom stereocenters. The fourth-order valence-electron chi connectivity index (χ4n) is 6.31. The molecule has 0 aromatic carbocycles. The van der Waals surface area contributed by atoms with Crippen molar-refractivity contribution in [3.05, 3.63) is 69.3 Å². The fourth-order valence-corrected chi connectivity index (χ4v) is 6.31. The number of carbonyl (C=O) groups excluding carboxylic acids is 2. The van der Waals surface area contributed by atoms with Gasteiger partial charge in [-0.05, 0) is 125 Å². The number of allylic oxidation sites excluding steroid dienone is 4. The summed E-state index contributed by atoms with van der Waals surface area (Å²) in [6.45, 7) is 11.0. The predicted molar refractivity (Wildman–Crippen MR) is 165 cm³/mol. The standard InChI is InChI=1S/C34H38N4O6.2Na/c1-15-21(7-9-31(41)42)27-14-28-22(8-10-32(43)44)16(2)24(36-28)12-29-34(20(6)40)18(4)26(38-29)13-30-33(19(5)39)17(3)25(37-30)11-23(15)35-27;;/h11-14,19-20,37-40H,7-10H2,1-6H3,(H,41,42)(H,43,44);;/q;2*+1/p-2. The van der Waals surface area contributed by atoms with E-state index in [-0.39, 0.29) is 84.8 Å². The monoisotopic (exact) mass is 642 g/mol. The Morgan fingerprint density at radius 3 is 1.41 bits per heavy atom. The molecule has 46 heavy (non-hydrogen) atoms. The van der Waals surface area contributed by atoms with Crippen molar-refractivity contribution in [3.8, 4) is 0 Å². The Bertz CT molecular complexity index is 1930. The number of aryl methyl sites for hydroxylation is 2. The van der Waals surface area contributed by atoms with E-state index >= 15 is 0 Å². The van der Waals surface area contributed by atoms with Gasteiger partial charge in [-0.1, -0.05) is 0 Å². The maximum atomic E-state index is 11.4. The molecule has 0 aliphatic carbocycles. The van der Waals surface area contributed by atoms with Gasteiger partial charge in [-0.3, -0.25) is 0 Å². The first kappa shape index (κ1) is 37.9. The van der Waals surface area contributed by atoms with E-state index in [0.29, 0.717) is 39.4 Å². The van der Waals surface area contributed by atoms with Crippen LogP contribution in [0.2, 0.25) is 0 Å². The second-order valence-electron chi connectivity index (χ2n) is 11.6. The number of aliphatic hydroxyl groups is 2. The number of aromatic amines is 2. The summed E-state index contributed by atoms with van der Waals surface area (Å²) in [6, 6.07) is 7.41. The number of nitrogens with one attached hydrogen (secondary N) is 2. The Kier molecular flexibility index (Phi) is 12.5. The summed E-state index contributed by atoms with van der Waals surface area (Å²) in [5.74, 6) is -2.35. The van der Waals surface area contributed by atoms with Gasteiger partial charge in [0.1, 0.15) is 0 Å². The third kappa shape index (κ3) is 7.45. The molecule has 3 aromatic heterocycles. The number of nitrogens with zero attached hydrogens (tertiary/aromatic N) is 2. The fraction of sp³-hybridized carbons (Fsp3) is 0.353. The number of H-pyrrole nitrogens is 2. The molecular formula is C34H36N4Na2O6. The van der Waals surface area contributed by atoms with Crippen LogP contribution in [0.3, 0.4) is 0 Å². The zero-order chi connectivity index (χ0) is 32.0. The average molecular weight is 643 g/mol. The van der Waals surface area contributed by atoms with Crippen molar-refractivity contribution in [2.45, 2.75) is 79.4 Å². The molecular weight excluding hydrogens is 606 g/mol. The molecule has 230 valence electrons. The third-order valence-electron chi connectivity index (χ3n) is 8.63. The molecule has 0 saturated heterocycles. The molecule has 2 aliphatic rings. The third-order valence-corrected chi connectivity index (χ3v) is 8.63. The van der Waals surface area contributed by atoms with E-state index in [4.69, 9.17) is 9.97 Å². The van der Waals surface area contributed by atoms with Crippen LogP contribution in [0.25, 0.3) is 44.4 Å². The van der Waals surface area contributed by atoms with Crippen LogP contribution in [0.15, 0.2) is 24.3 Å². The quantitative estimate of drug-likeness (QED) is 0.203. The first-order chi connectivity index (χ1) is 20.8. The molecule has 0 spiro atoms. The van der Waals surface area contributed by atoms with E-state index in [1.165, 1.54) is 0 Å². The van der Waals surface area contributed by atoms with Crippen molar-refractivity contribution in [1.29, 1.82) is 0 Å². The summed E-state index contributed by atoms with van der Waals surface area (Å²) in [5.41, 5.74) is 11.3. The number of rotatable bonds is 8. The van der Waals surface area contributed by atoms with Crippen molar-refractivity contribution >= 4 is 56.3 Å². The maximum absolute atomic E-state index is 11.4. The van der Waals surface area contributed by atoms with Gasteiger partial charge >= 0.3 is 59.1 Å². The van der Waals surface area contributed by atoms with Crippen molar-refractivity contribution in [1.82, 2.24) is 19.9 Å². The van der Waals surface area contributed by atoms with Crippen LogP contribution >= 0.6 is 0 Å². The smallest absolute Gasteiger partial charge is 0.550 e. The van der Waals surface area contributed by atoms with Gasteiger partial charge < -0.3 is 40.0 Å². The van der Waals surface area contributed by atoms with Crippen LogP contribution in [-0.4, -0.2) is 42.1 Å². The van der Waals surface area contributed by atoms with Crippen LogP contribution in [0.5, 0.6) is 0 Å². The number of hydrogen-bond donors (Lipinski definition) is 4. The van der Waals surface area contributed by atoms with Crippen LogP contribution in [0.1, 0.15) is 111 Å². The number of aliphatic carboxylic acids is 2. The molecule has 0 saturated carbocycles. The summed E-state index contributed by atoms with van der Waals surface area (Å²) >= 11 is 0. The first-order valence-corrected chi connectivity index (χ1v) is 14.7. The number of carboxylic acid groups (broad SMARTS) is 2. The van der Waals surface area contributed by atoms with Crippen molar-refractivity contribution in [3.63, 3.8) is 0 Å². The Morgan fingerprint density at radius 2 is 1.02 bits per heavy atom. The molecule has 0 fully saturated rings. The minimum atomic E-state index is -1.18. The van der Waals surface area contributed by atoms with Gasteiger partial charge in [0.15, 0.2) is 0 Å². The molecule has 0 amide bonds. The zero-order valence-electron chi connectivity index (χ0n) is 27.7. The van der Waals surface area contributed by atoms with E-state index in [9.17, 15) is 30.0 Å². The minimum Gasteiger partial charge on any atom is -0.550 e. The topological polar surface area (TPSA) is 178 Å². The average Bonchev–Trinajstić information content (AvgIpc) is 3.59. The Balaban J connectivity index is 0.00000288. The molecule has 2 unspecified atom stereocenters. The Morgan fingerprint density at radius 1 is 0.652 bits per heavy atom. The molecule has 4 N–H and O–H groups in total. The number of fused-ring (bicyclic) bond motifs is 8. The molecule has 2 aliphatic heterocycles. The second-order valence-corrected chi connectivity index (χ2v) is 11.6. The minimum absolute atomic E-state index is 0. The molecule has 10 nitrogen and oxygen atoms in total. The summed E-state index contributed by atoms with van der Waals surface area (Å²) < 4.78 is 0. The largest absolute Gasteiger partial charge is 1.00 e. The molecule has 3 aromatic rings. The molecule has 5 rings (SSSR count). The number of aromatic nitrogens is 4. The van der Waals surface area contributed by atoms with Crippen molar-refractivity contribution < 1.29 is 89.1 Å². The first-order valence-electron chi connectivity index (χ1n) is 14.7. The van der Waals surface area contributed by atoms with Gasteiger partial charge in [0.25, 0.3) is 0 Å². The molecule has 8 bridgehead atoms. The van der Waals surface area contributed by atoms with E-state index in [2.05, 4.69) is 9.97 Å². The molecule has 0 radical (unpaired) electrons. The summed E-state index contributed by atoms with van der Waals surface area (Å²) in [5, 5.41) is 44.4. The van der Waals surface area contributed by atoms with Crippen LogP contribution in [-0.2, 0) is 9.59 Å². The van der Waals surface area contributed by atoms with E-state index in [1.54, 1.807) is 19.9 Å². The Hall–Kier alpha value is -2.54. The molecule has 5 heterocycles. The van der Waals surface area contributed by atoms with Crippen LogP contribution in [0, 0.1) is 13.8 Å². The normalized spacial score (nSPS) is 14.1. The summed E-state index contributed by atoms with van der Waals surface area (Å²) in [6.07, 6.45) is -1.59. The van der Waals surface area contributed by atoms with Gasteiger partial charge in [0, 0.05) is 45.1 Å².